The molecular weight excluding hydrogens is 334 g/mol. The largest absolute Gasteiger partial charge is 0.372 e. The lowest BCUT2D eigenvalue weighted by Crippen LogP contribution is -2.64. The zero-order valence-corrected chi connectivity index (χ0v) is 14.9. The van der Waals surface area contributed by atoms with E-state index in [-0.39, 0.29) is 48.4 Å². The Hall–Kier alpha value is -1.18. The first-order valence-corrected chi connectivity index (χ1v) is 10.2. The summed E-state index contributed by atoms with van der Waals surface area (Å²) in [5.41, 5.74) is 5.64. The van der Waals surface area contributed by atoms with Gasteiger partial charge in [-0.25, -0.2) is 0 Å². The highest BCUT2D eigenvalue weighted by Gasteiger charge is 2.60. The van der Waals surface area contributed by atoms with Gasteiger partial charge in [0, 0.05) is 18.5 Å². The second kappa shape index (κ2) is 5.20. The third-order valence-corrected chi connectivity index (χ3v) is 7.76. The monoisotopic (exact) mass is 361 g/mol. The molecule has 7 nitrogen and oxygen atoms in total. The van der Waals surface area contributed by atoms with Crippen LogP contribution < -0.4 is 11.1 Å². The van der Waals surface area contributed by atoms with Gasteiger partial charge >= 0.3 is 0 Å². The van der Waals surface area contributed by atoms with E-state index in [2.05, 4.69) is 5.32 Å². The molecule has 0 aromatic carbocycles. The molecule has 2 saturated carbocycles. The van der Waals surface area contributed by atoms with Crippen molar-refractivity contribution in [2.45, 2.75) is 68.6 Å². The van der Waals surface area contributed by atoms with Crippen molar-refractivity contribution in [1.29, 1.82) is 0 Å². The number of rotatable bonds is 3. The van der Waals surface area contributed by atoms with E-state index in [1.165, 1.54) is 6.42 Å². The van der Waals surface area contributed by atoms with E-state index < -0.39 is 5.72 Å². The Kier molecular flexibility index (Phi) is 3.17. The van der Waals surface area contributed by atoms with Crippen molar-refractivity contribution in [2.24, 2.45) is 29.4 Å². The van der Waals surface area contributed by atoms with Gasteiger partial charge in [-0.15, -0.1) is 0 Å². The van der Waals surface area contributed by atoms with Crippen LogP contribution >= 0.6 is 0 Å². The fraction of sp³-hybridized carbons (Fsp3) is 0.895. The van der Waals surface area contributed by atoms with Crippen molar-refractivity contribution in [3.05, 3.63) is 0 Å². The summed E-state index contributed by atoms with van der Waals surface area (Å²) in [6.07, 6.45) is 6.43. The lowest BCUT2D eigenvalue weighted by molar-refractivity contribution is -0.233. The molecule has 2 aliphatic carbocycles. The van der Waals surface area contributed by atoms with Crippen LogP contribution in [-0.2, 0) is 19.1 Å². The predicted molar refractivity (Wildman–Crippen MR) is 90.6 cm³/mol. The summed E-state index contributed by atoms with van der Waals surface area (Å²) in [5, 5.41) is 3.17. The summed E-state index contributed by atoms with van der Waals surface area (Å²) in [6, 6.07) is 0.0308. The third-order valence-electron chi connectivity index (χ3n) is 7.76. The van der Waals surface area contributed by atoms with Gasteiger partial charge in [0.1, 0.15) is 5.72 Å². The molecular formula is C19H27N3O4. The van der Waals surface area contributed by atoms with Crippen LogP contribution in [-0.4, -0.2) is 59.9 Å². The molecule has 0 spiro atoms. The van der Waals surface area contributed by atoms with E-state index >= 15 is 0 Å². The van der Waals surface area contributed by atoms with Gasteiger partial charge in [-0.3, -0.25) is 9.59 Å². The van der Waals surface area contributed by atoms with Crippen LogP contribution in [0.4, 0.5) is 0 Å². The number of carbonyl (C=O) groups is 2. The average molecular weight is 361 g/mol. The van der Waals surface area contributed by atoms with Crippen LogP contribution in [0.15, 0.2) is 0 Å². The van der Waals surface area contributed by atoms with E-state index in [1.54, 1.807) is 4.90 Å². The summed E-state index contributed by atoms with van der Waals surface area (Å²) in [4.78, 5) is 27.2. The smallest absolute Gasteiger partial charge is 0.241 e. The molecule has 6 bridgehead atoms. The number of nitrogens with one attached hydrogen (secondary N) is 1. The SMILES string of the molecule is NC1CC2OC1C1CN(CC(=O)NC34CC5CC(CC(C5)O3)C4)C(=O)C21. The first kappa shape index (κ1) is 15.8. The summed E-state index contributed by atoms with van der Waals surface area (Å²) >= 11 is 0. The van der Waals surface area contributed by atoms with E-state index in [4.69, 9.17) is 15.2 Å². The Morgan fingerprint density at radius 2 is 2.00 bits per heavy atom. The Morgan fingerprint density at radius 1 is 1.23 bits per heavy atom. The highest BCUT2D eigenvalue weighted by atomic mass is 16.5. The minimum atomic E-state index is -0.477. The number of likely N-dealkylation sites (tertiary alicyclic amines) is 1. The third kappa shape index (κ3) is 2.17. The molecule has 5 saturated heterocycles. The maximum atomic E-state index is 12.8. The van der Waals surface area contributed by atoms with Crippen molar-refractivity contribution in [1.82, 2.24) is 10.2 Å². The van der Waals surface area contributed by atoms with Crippen LogP contribution in [0.1, 0.15) is 38.5 Å². The molecule has 26 heavy (non-hydrogen) atoms. The van der Waals surface area contributed by atoms with Gasteiger partial charge in [0.15, 0.2) is 0 Å². The molecule has 2 amide bonds. The maximum Gasteiger partial charge on any atom is 0.241 e. The number of nitrogens with two attached hydrogens (primary N) is 1. The van der Waals surface area contributed by atoms with Gasteiger partial charge in [-0.05, 0) is 50.4 Å². The minimum absolute atomic E-state index is 0.0199. The van der Waals surface area contributed by atoms with Gasteiger partial charge in [0.2, 0.25) is 11.8 Å². The van der Waals surface area contributed by atoms with Crippen LogP contribution in [0.5, 0.6) is 0 Å². The standard InChI is InChI=1S/C19H27N3O4/c20-13-4-14-16-12(17(13)25-14)7-22(18(16)24)8-15(23)21-19-5-9-1-10(6-19)3-11(2-9)26-19/h9-14,16-17H,1-8,20H2,(H,21,23). The zero-order chi connectivity index (χ0) is 17.6. The first-order chi connectivity index (χ1) is 12.5. The zero-order valence-electron chi connectivity index (χ0n) is 14.9. The molecule has 142 valence electrons. The second-order valence-electron chi connectivity index (χ2n) is 9.58. The summed E-state index contributed by atoms with van der Waals surface area (Å²) in [5.74, 6) is 1.41. The van der Waals surface area contributed by atoms with Gasteiger partial charge in [0.25, 0.3) is 0 Å². The Bertz CT molecular complexity index is 632. The van der Waals surface area contributed by atoms with Gasteiger partial charge in [-0.1, -0.05) is 0 Å². The van der Waals surface area contributed by atoms with Crippen LogP contribution in [0, 0.1) is 23.7 Å². The van der Waals surface area contributed by atoms with Crippen molar-refractivity contribution in [2.75, 3.05) is 13.1 Å². The number of carbonyl (C=O) groups excluding carboxylic acids is 2. The molecule has 7 heteroatoms. The predicted octanol–water partition coefficient (Wildman–Crippen LogP) is -0.0192. The van der Waals surface area contributed by atoms with E-state index in [1.807, 2.05) is 0 Å². The summed E-state index contributed by atoms with van der Waals surface area (Å²) in [6.45, 7) is 0.721. The molecule has 5 heterocycles. The fourth-order valence-electron chi connectivity index (χ4n) is 7.11. The highest BCUT2D eigenvalue weighted by molar-refractivity contribution is 5.88. The minimum Gasteiger partial charge on any atom is -0.372 e. The molecule has 7 aliphatic rings. The molecule has 0 aromatic rings. The van der Waals surface area contributed by atoms with Crippen molar-refractivity contribution < 1.29 is 19.1 Å². The lowest BCUT2D eigenvalue weighted by Gasteiger charge is -2.56. The van der Waals surface area contributed by atoms with E-state index in [9.17, 15) is 9.59 Å². The first-order valence-electron chi connectivity index (χ1n) is 10.2. The van der Waals surface area contributed by atoms with Crippen molar-refractivity contribution in [3.8, 4) is 0 Å². The Balaban J connectivity index is 1.13. The number of hydrogen-bond donors (Lipinski definition) is 2. The van der Waals surface area contributed by atoms with Gasteiger partial charge in [0.05, 0.1) is 30.8 Å². The van der Waals surface area contributed by atoms with Crippen LogP contribution in [0.25, 0.3) is 0 Å². The molecule has 0 radical (unpaired) electrons. The number of fused-ring (bicyclic) bond motifs is 5. The Morgan fingerprint density at radius 3 is 2.73 bits per heavy atom. The normalized spacial score (nSPS) is 53.4. The van der Waals surface area contributed by atoms with Gasteiger partial charge in [-0.2, -0.15) is 0 Å². The Labute approximate surface area is 152 Å². The molecule has 7 atom stereocenters. The number of hydrogen-bond acceptors (Lipinski definition) is 5. The van der Waals surface area contributed by atoms with E-state index in [0.717, 1.165) is 32.1 Å². The fourth-order valence-corrected chi connectivity index (χ4v) is 7.11. The van der Waals surface area contributed by atoms with Crippen LogP contribution in [0.3, 0.4) is 0 Å². The topological polar surface area (TPSA) is 93.9 Å². The number of amides is 2. The van der Waals surface area contributed by atoms with E-state index in [0.29, 0.717) is 24.5 Å². The molecule has 7 rings (SSSR count). The maximum absolute atomic E-state index is 12.8. The molecule has 7 unspecified atom stereocenters. The molecule has 0 aromatic heterocycles. The summed E-state index contributed by atoms with van der Waals surface area (Å²) < 4.78 is 12.1. The van der Waals surface area contributed by atoms with Crippen LogP contribution in [0.2, 0.25) is 0 Å². The quantitative estimate of drug-likeness (QED) is 0.737. The average Bonchev–Trinajstić information content (AvgIpc) is 3.17. The van der Waals surface area contributed by atoms with Crippen molar-refractivity contribution in [3.63, 3.8) is 0 Å². The molecule has 5 aliphatic heterocycles. The van der Waals surface area contributed by atoms with Gasteiger partial charge < -0.3 is 25.4 Å². The lowest BCUT2D eigenvalue weighted by atomic mass is 9.65. The number of ether oxygens (including phenoxy) is 2. The second-order valence-corrected chi connectivity index (χ2v) is 9.58. The number of nitrogens with zero attached hydrogens (tertiary/aromatic N) is 1. The van der Waals surface area contributed by atoms with Crippen molar-refractivity contribution >= 4 is 11.8 Å². The molecule has 7 fully saturated rings. The highest BCUT2D eigenvalue weighted by Crippen LogP contribution is 2.52. The molecule has 3 N–H and O–H groups in total. The summed E-state index contributed by atoms with van der Waals surface area (Å²) in [7, 11) is 0.